The van der Waals surface area contributed by atoms with Gasteiger partial charge in [-0.15, -0.1) is 6.58 Å². The maximum Gasteiger partial charge on any atom is 0.106 e. The van der Waals surface area contributed by atoms with Crippen molar-refractivity contribution in [3.05, 3.63) is 96.6 Å². The summed E-state index contributed by atoms with van der Waals surface area (Å²) in [7, 11) is 0. The van der Waals surface area contributed by atoms with Crippen LogP contribution in [0.3, 0.4) is 0 Å². The summed E-state index contributed by atoms with van der Waals surface area (Å²) in [6, 6.07) is 20.1. The second kappa shape index (κ2) is 12.2. The summed E-state index contributed by atoms with van der Waals surface area (Å²) in [6.45, 7) is 5.12. The zero-order chi connectivity index (χ0) is 18.5. The van der Waals surface area contributed by atoms with E-state index in [1.165, 1.54) is 0 Å². The van der Waals surface area contributed by atoms with Gasteiger partial charge < -0.3 is 14.6 Å². The summed E-state index contributed by atoms with van der Waals surface area (Å²) in [5.41, 5.74) is 2.23. The van der Waals surface area contributed by atoms with E-state index in [9.17, 15) is 0 Å². The molecule has 2 rings (SSSR count). The van der Waals surface area contributed by atoms with Gasteiger partial charge in [-0.05, 0) is 24.0 Å². The van der Waals surface area contributed by atoms with Crippen LogP contribution in [0.15, 0.2) is 85.5 Å². The number of unbranched alkanes of at least 4 members (excludes halogenated alkanes) is 1. The number of aliphatic hydroxyl groups excluding tert-OH is 1. The predicted octanol–water partition coefficient (Wildman–Crippen LogP) is 4.67. The molecule has 2 aromatic carbocycles. The molecule has 0 spiro atoms. The minimum absolute atomic E-state index is 0.190. The molecule has 0 aliphatic rings. The van der Waals surface area contributed by atoms with Crippen LogP contribution in [0.1, 0.15) is 24.0 Å². The van der Waals surface area contributed by atoms with E-state index in [0.717, 1.165) is 24.0 Å². The van der Waals surface area contributed by atoms with Crippen molar-refractivity contribution in [1.82, 2.24) is 0 Å². The molecule has 0 saturated heterocycles. The Hall–Kier alpha value is -2.20. The zero-order valence-corrected chi connectivity index (χ0v) is 15.2. The highest BCUT2D eigenvalue weighted by Gasteiger charge is 2.18. The smallest absolute Gasteiger partial charge is 0.106 e. The molecule has 3 heteroatoms. The van der Waals surface area contributed by atoms with Gasteiger partial charge in [0.15, 0.2) is 0 Å². The van der Waals surface area contributed by atoms with E-state index in [1.54, 1.807) is 6.08 Å². The van der Waals surface area contributed by atoms with Crippen molar-refractivity contribution >= 4 is 0 Å². The van der Waals surface area contributed by atoms with Crippen LogP contribution in [-0.2, 0) is 22.7 Å². The zero-order valence-electron chi connectivity index (χ0n) is 15.2. The average molecular weight is 352 g/mol. The molecule has 0 bridgehead atoms. The second-order valence-corrected chi connectivity index (χ2v) is 6.05. The van der Waals surface area contributed by atoms with Gasteiger partial charge in [-0.3, -0.25) is 0 Å². The molecule has 0 saturated carbocycles. The van der Waals surface area contributed by atoms with E-state index in [4.69, 9.17) is 14.6 Å². The molecule has 2 aromatic rings. The van der Waals surface area contributed by atoms with Gasteiger partial charge in [0.05, 0.1) is 13.2 Å². The van der Waals surface area contributed by atoms with Gasteiger partial charge in [0, 0.05) is 6.61 Å². The fraction of sp³-hybridized carbons (Fsp3) is 0.304. The fourth-order valence-corrected chi connectivity index (χ4v) is 2.53. The third-order valence-corrected chi connectivity index (χ3v) is 3.98. The molecule has 2 unspecified atom stereocenters. The number of rotatable bonds is 12. The van der Waals surface area contributed by atoms with Gasteiger partial charge in [0.2, 0.25) is 0 Å². The number of aliphatic hydroxyl groups is 1. The van der Waals surface area contributed by atoms with Gasteiger partial charge >= 0.3 is 0 Å². The van der Waals surface area contributed by atoms with Crippen LogP contribution < -0.4 is 0 Å². The Kier molecular flexibility index (Phi) is 9.44. The molecule has 2 atom stereocenters. The first-order valence-corrected chi connectivity index (χ1v) is 9.04. The van der Waals surface area contributed by atoms with Crippen LogP contribution in [0.4, 0.5) is 0 Å². The minimum atomic E-state index is -0.246. The van der Waals surface area contributed by atoms with Gasteiger partial charge in [0.1, 0.15) is 12.2 Å². The maximum atomic E-state index is 8.94. The highest BCUT2D eigenvalue weighted by molar-refractivity contribution is 5.15. The SMILES string of the molecule is C=CC(OCc1ccccc1)C(/C=C/CCCO)OCc1ccccc1. The van der Waals surface area contributed by atoms with Crippen LogP contribution in [0.25, 0.3) is 0 Å². The lowest BCUT2D eigenvalue weighted by Crippen LogP contribution is -2.28. The Bertz CT molecular complexity index is 637. The van der Waals surface area contributed by atoms with E-state index in [-0.39, 0.29) is 18.8 Å². The Labute approximate surface area is 156 Å². The summed E-state index contributed by atoms with van der Waals surface area (Å²) in [6.07, 6.45) is 6.91. The highest BCUT2D eigenvalue weighted by Crippen LogP contribution is 2.14. The molecule has 1 N–H and O–H groups in total. The van der Waals surface area contributed by atoms with E-state index < -0.39 is 0 Å². The quantitative estimate of drug-likeness (QED) is 0.445. The third-order valence-electron chi connectivity index (χ3n) is 3.98. The van der Waals surface area contributed by atoms with Crippen molar-refractivity contribution in [2.24, 2.45) is 0 Å². The molecular formula is C23H28O3. The molecular weight excluding hydrogens is 324 g/mol. The molecule has 0 heterocycles. The number of hydrogen-bond acceptors (Lipinski definition) is 3. The number of benzene rings is 2. The fourth-order valence-electron chi connectivity index (χ4n) is 2.53. The molecule has 3 nitrogen and oxygen atoms in total. The summed E-state index contributed by atoms with van der Waals surface area (Å²) in [5.74, 6) is 0. The normalized spacial score (nSPS) is 13.6. The first kappa shape index (κ1) is 20.1. The van der Waals surface area contributed by atoms with Crippen molar-refractivity contribution in [3.8, 4) is 0 Å². The topological polar surface area (TPSA) is 38.7 Å². The lowest BCUT2D eigenvalue weighted by Gasteiger charge is -2.23. The van der Waals surface area contributed by atoms with Crippen molar-refractivity contribution in [3.63, 3.8) is 0 Å². The van der Waals surface area contributed by atoms with Crippen LogP contribution in [0.2, 0.25) is 0 Å². The van der Waals surface area contributed by atoms with Crippen LogP contribution in [0.5, 0.6) is 0 Å². The summed E-state index contributed by atoms with van der Waals surface area (Å²) >= 11 is 0. The first-order valence-electron chi connectivity index (χ1n) is 9.04. The van der Waals surface area contributed by atoms with Crippen LogP contribution in [-0.4, -0.2) is 23.9 Å². The van der Waals surface area contributed by atoms with Gasteiger partial charge in [-0.1, -0.05) is 78.9 Å². The summed E-state index contributed by atoms with van der Waals surface area (Å²) < 4.78 is 12.1. The standard InChI is InChI=1S/C23H28O3/c1-2-22(25-18-20-12-6-3-7-13-20)23(16-10-5-11-17-24)26-19-21-14-8-4-9-15-21/h2-4,6-10,12-16,22-24H,1,5,11,17-19H2/b16-10+. The molecule has 0 aromatic heterocycles. The second-order valence-electron chi connectivity index (χ2n) is 6.05. The van der Waals surface area contributed by atoms with Crippen molar-refractivity contribution < 1.29 is 14.6 Å². The lowest BCUT2D eigenvalue weighted by molar-refractivity contribution is -0.0420. The van der Waals surface area contributed by atoms with E-state index >= 15 is 0 Å². The number of allylic oxidation sites excluding steroid dienone is 1. The summed E-state index contributed by atoms with van der Waals surface area (Å²) in [5, 5.41) is 8.94. The van der Waals surface area contributed by atoms with Crippen molar-refractivity contribution in [1.29, 1.82) is 0 Å². The number of hydrogen-bond donors (Lipinski definition) is 1. The molecule has 26 heavy (non-hydrogen) atoms. The molecule has 0 amide bonds. The van der Waals surface area contributed by atoms with E-state index in [0.29, 0.717) is 13.2 Å². The monoisotopic (exact) mass is 352 g/mol. The average Bonchev–Trinajstić information content (AvgIpc) is 2.70. The van der Waals surface area contributed by atoms with Gasteiger partial charge in [-0.2, -0.15) is 0 Å². The van der Waals surface area contributed by atoms with Crippen LogP contribution >= 0.6 is 0 Å². The number of ether oxygens (including phenoxy) is 2. The lowest BCUT2D eigenvalue weighted by atomic mass is 10.1. The molecule has 0 fully saturated rings. The van der Waals surface area contributed by atoms with E-state index in [1.807, 2.05) is 72.8 Å². The largest absolute Gasteiger partial charge is 0.396 e. The molecule has 0 aliphatic carbocycles. The van der Waals surface area contributed by atoms with Crippen molar-refractivity contribution in [2.45, 2.75) is 38.3 Å². The first-order chi connectivity index (χ1) is 12.8. The predicted molar refractivity (Wildman–Crippen MR) is 106 cm³/mol. The Morgan fingerprint density at radius 3 is 1.88 bits per heavy atom. The maximum absolute atomic E-state index is 8.94. The summed E-state index contributed by atoms with van der Waals surface area (Å²) in [4.78, 5) is 0. The van der Waals surface area contributed by atoms with Gasteiger partial charge in [0.25, 0.3) is 0 Å². The molecule has 0 radical (unpaired) electrons. The van der Waals surface area contributed by atoms with Gasteiger partial charge in [-0.25, -0.2) is 0 Å². The minimum Gasteiger partial charge on any atom is -0.396 e. The molecule has 0 aliphatic heterocycles. The van der Waals surface area contributed by atoms with Crippen molar-refractivity contribution in [2.75, 3.05) is 6.61 Å². The van der Waals surface area contributed by atoms with E-state index in [2.05, 4.69) is 6.58 Å². The highest BCUT2D eigenvalue weighted by atomic mass is 16.5. The third kappa shape index (κ3) is 7.36. The Morgan fingerprint density at radius 1 is 0.846 bits per heavy atom. The Morgan fingerprint density at radius 2 is 1.38 bits per heavy atom. The molecule has 138 valence electrons. The Balaban J connectivity index is 1.98. The van der Waals surface area contributed by atoms with Crippen LogP contribution in [0, 0.1) is 0 Å².